The van der Waals surface area contributed by atoms with E-state index in [1.807, 2.05) is 50.2 Å². The number of aliphatic hydroxyl groups excluding tert-OH is 2. The van der Waals surface area contributed by atoms with E-state index >= 15 is 4.39 Å². The van der Waals surface area contributed by atoms with Gasteiger partial charge in [0.1, 0.15) is 24.9 Å². The van der Waals surface area contributed by atoms with Gasteiger partial charge in [0.05, 0.1) is 12.2 Å². The van der Waals surface area contributed by atoms with Crippen molar-refractivity contribution in [2.75, 3.05) is 18.5 Å². The number of ether oxygens (including phenoxy) is 2. The lowest BCUT2D eigenvalue weighted by atomic mass is 9.56. The van der Waals surface area contributed by atoms with Crippen LogP contribution >= 0.6 is 0 Å². The molecule has 16 heteroatoms. The minimum absolute atomic E-state index is 0.0276. The van der Waals surface area contributed by atoms with Gasteiger partial charge in [-0.2, -0.15) is 0 Å². The average Bonchev–Trinajstić information content (AvgIpc) is 3.48. The largest absolute Gasteiger partial charge is 0.392 e. The summed E-state index contributed by atoms with van der Waals surface area (Å²) in [4.78, 5) is 89.1. The highest BCUT2D eigenvalue weighted by atomic mass is 19.1. The van der Waals surface area contributed by atoms with Crippen LogP contribution in [0.4, 0.5) is 10.1 Å². The molecule has 15 nitrogen and oxygen atoms in total. The van der Waals surface area contributed by atoms with Crippen molar-refractivity contribution >= 4 is 46.8 Å². The molecule has 7 aliphatic rings. The van der Waals surface area contributed by atoms with Crippen LogP contribution in [0.1, 0.15) is 82.8 Å². The van der Waals surface area contributed by atoms with Gasteiger partial charge in [-0.15, -0.1) is 0 Å². The van der Waals surface area contributed by atoms with E-state index in [4.69, 9.17) is 9.47 Å². The highest BCUT2D eigenvalue weighted by Gasteiger charge is 2.83. The Kier molecular flexibility index (Phi) is 11.4. The van der Waals surface area contributed by atoms with E-state index in [0.29, 0.717) is 36.1 Å². The number of imide groups is 1. The number of aliphatic hydroxyl groups is 2. The van der Waals surface area contributed by atoms with Crippen LogP contribution in [-0.4, -0.2) is 105 Å². The minimum atomic E-state index is -1.54. The SMILES string of the molecule is C[C@H](NC(=O)CCN1C(=O)C=CC1=O)C(=O)N[C@@H](C)C(=O)Nc1cccc(Cc2ccc(C3O[C@@H]4C[C@H]5C[C@H]6C7C[C@H](F)C8=CC(=O)C=CC8(C)C76C(O)CC5(C)C4(C(=O)CO)O3)cc2)c1. The van der Waals surface area contributed by atoms with Gasteiger partial charge in [-0.25, -0.2) is 4.39 Å². The average molecular weight is 907 g/mol. The van der Waals surface area contributed by atoms with Gasteiger partial charge < -0.3 is 35.6 Å². The number of anilines is 1. The van der Waals surface area contributed by atoms with Crippen molar-refractivity contribution in [3.8, 4) is 0 Å². The van der Waals surface area contributed by atoms with Crippen molar-refractivity contribution in [2.24, 2.45) is 34.0 Å². The van der Waals surface area contributed by atoms with Crippen LogP contribution in [-0.2, 0) is 49.5 Å². The van der Waals surface area contributed by atoms with E-state index in [1.165, 1.54) is 26.0 Å². The van der Waals surface area contributed by atoms with Crippen LogP contribution in [0.15, 0.2) is 84.5 Å². The maximum Gasteiger partial charge on any atom is 0.253 e. The van der Waals surface area contributed by atoms with E-state index in [1.54, 1.807) is 18.2 Å². The van der Waals surface area contributed by atoms with E-state index in [9.17, 15) is 43.8 Å². The molecule has 348 valence electrons. The Morgan fingerprint density at radius 2 is 1.59 bits per heavy atom. The zero-order valence-corrected chi connectivity index (χ0v) is 37.3. The van der Waals surface area contributed by atoms with Crippen molar-refractivity contribution in [1.29, 1.82) is 0 Å². The van der Waals surface area contributed by atoms with Gasteiger partial charge in [0.25, 0.3) is 11.8 Å². The summed E-state index contributed by atoms with van der Waals surface area (Å²) in [6.45, 7) is 5.98. The third-order valence-corrected chi connectivity index (χ3v) is 16.2. The van der Waals surface area contributed by atoms with Crippen molar-refractivity contribution < 1.29 is 57.6 Å². The van der Waals surface area contributed by atoms with Gasteiger partial charge in [-0.1, -0.05) is 56.3 Å². The maximum atomic E-state index is 15.7. The lowest BCUT2D eigenvalue weighted by Gasteiger charge is -2.50. The summed E-state index contributed by atoms with van der Waals surface area (Å²) < 4.78 is 29.0. The number of halogens is 1. The maximum absolute atomic E-state index is 15.7. The van der Waals surface area contributed by atoms with Crippen LogP contribution in [0, 0.1) is 34.0 Å². The molecule has 13 atom stereocenters. The molecule has 1 saturated heterocycles. The Morgan fingerprint density at radius 3 is 2.30 bits per heavy atom. The summed E-state index contributed by atoms with van der Waals surface area (Å²) in [5.41, 5.74) is -0.582. The topological polar surface area (TPSA) is 218 Å². The van der Waals surface area contributed by atoms with E-state index < -0.39 is 101 Å². The second kappa shape index (κ2) is 16.6. The highest BCUT2D eigenvalue weighted by molar-refractivity contribution is 6.13. The van der Waals surface area contributed by atoms with Crippen LogP contribution in [0.5, 0.6) is 0 Å². The number of ketones is 2. The number of allylic oxidation sites excluding steroid dienone is 4. The highest BCUT2D eigenvalue weighted by Crippen LogP contribution is 2.82. The Bertz CT molecular complexity index is 2490. The Labute approximate surface area is 381 Å². The van der Waals surface area contributed by atoms with Gasteiger partial charge in [0.15, 0.2) is 23.5 Å². The zero-order valence-electron chi connectivity index (χ0n) is 37.3. The third kappa shape index (κ3) is 7.10. The number of nitrogens with zero attached hydrogens (tertiary/aromatic N) is 1. The van der Waals surface area contributed by atoms with E-state index in [-0.39, 0.29) is 49.3 Å². The molecule has 4 saturated carbocycles. The molecule has 0 aromatic heterocycles. The van der Waals surface area contributed by atoms with Gasteiger partial charge in [-0.05, 0) is 105 Å². The molecular weight excluding hydrogens is 852 g/mol. The summed E-state index contributed by atoms with van der Waals surface area (Å²) >= 11 is 0. The molecule has 5 aliphatic carbocycles. The van der Waals surface area contributed by atoms with E-state index in [2.05, 4.69) is 16.0 Å². The van der Waals surface area contributed by atoms with Crippen molar-refractivity contribution in [3.05, 3.63) is 101 Å². The van der Waals surface area contributed by atoms with Crippen LogP contribution in [0.2, 0.25) is 0 Å². The molecule has 0 radical (unpaired) electrons. The molecule has 66 heavy (non-hydrogen) atoms. The number of alkyl halides is 1. The summed E-state index contributed by atoms with van der Waals surface area (Å²) in [5, 5.41) is 30.7. The number of amides is 5. The van der Waals surface area contributed by atoms with Crippen LogP contribution in [0.3, 0.4) is 0 Å². The Hall–Kier alpha value is -5.68. The number of carbonyl (C=O) groups excluding carboxylic acids is 7. The summed E-state index contributed by atoms with van der Waals surface area (Å²) in [6, 6.07) is 12.9. The number of rotatable bonds is 13. The quantitative estimate of drug-likeness (QED) is 0.183. The van der Waals surface area contributed by atoms with Gasteiger partial charge in [0.2, 0.25) is 17.7 Å². The second-order valence-corrected chi connectivity index (χ2v) is 19.6. The Balaban J connectivity index is 0.818. The molecule has 0 bridgehead atoms. The molecule has 5 fully saturated rings. The summed E-state index contributed by atoms with van der Waals surface area (Å²) in [7, 11) is 0. The molecule has 2 heterocycles. The number of hydrogen-bond donors (Lipinski definition) is 5. The second-order valence-electron chi connectivity index (χ2n) is 19.6. The number of fused-ring (bicyclic) bond motifs is 5. The molecule has 7 unspecified atom stereocenters. The van der Waals surface area contributed by atoms with Crippen LogP contribution < -0.4 is 16.0 Å². The van der Waals surface area contributed by atoms with Gasteiger partial charge in [-0.3, -0.25) is 38.5 Å². The van der Waals surface area contributed by atoms with Crippen molar-refractivity contribution in [1.82, 2.24) is 15.5 Å². The van der Waals surface area contributed by atoms with Crippen molar-refractivity contribution in [3.63, 3.8) is 0 Å². The van der Waals surface area contributed by atoms with Crippen LogP contribution in [0.25, 0.3) is 0 Å². The fraction of sp³-hybridized carbons (Fsp3) is 0.500. The molecule has 2 aliphatic heterocycles. The lowest BCUT2D eigenvalue weighted by Crippen LogP contribution is -2.58. The normalized spacial score (nSPS) is 35.6. The number of nitrogens with one attached hydrogen (secondary N) is 3. The number of benzene rings is 2. The molecule has 1 spiro atoms. The van der Waals surface area contributed by atoms with Crippen molar-refractivity contribution in [2.45, 2.75) is 109 Å². The fourth-order valence-corrected chi connectivity index (χ4v) is 12.9. The number of carbonyl (C=O) groups is 7. The predicted octanol–water partition coefficient (Wildman–Crippen LogP) is 3.48. The zero-order chi connectivity index (χ0) is 47.1. The first-order valence-corrected chi connectivity index (χ1v) is 22.7. The molecule has 2 aromatic carbocycles. The first-order chi connectivity index (χ1) is 31.4. The fourth-order valence-electron chi connectivity index (χ4n) is 12.9. The molecular formula is C50H55FN4O11. The molecule has 9 rings (SSSR count). The monoisotopic (exact) mass is 906 g/mol. The standard InChI is InChI=1S/C50H55FN4O11/c1-26(52-41(60)15-17-55-42(61)12-13-43(55)62)44(63)53-27(2)45(64)54-32-7-5-6-29(19-32)18-28-8-10-30(11-9-28)46-65-40-21-31-20-34-35-23-37(51)36-22-33(57)14-16-47(36,3)49(34,35)38(58)24-48(31,4)50(40,66-46)39(59)25-56/h5-14,16,19,22,26-27,31,34-35,37-38,40,46,56,58H,15,17-18,20-21,23-25H2,1-4H3,(H,52,60)(H,53,63)(H,54,64)/t26-,27-,31+,34-,35?,37-,38?,40+,46?,47?,48?,49?,50?/m0/s1. The first-order valence-electron chi connectivity index (χ1n) is 22.7. The van der Waals surface area contributed by atoms with E-state index in [0.717, 1.165) is 28.2 Å². The molecule has 5 amide bonds. The minimum Gasteiger partial charge on any atom is -0.392 e. The Morgan fingerprint density at radius 1 is 0.894 bits per heavy atom. The van der Waals surface area contributed by atoms with Gasteiger partial charge in [0, 0.05) is 52.6 Å². The predicted molar refractivity (Wildman–Crippen MR) is 234 cm³/mol. The van der Waals surface area contributed by atoms with Gasteiger partial charge >= 0.3 is 0 Å². The lowest BCUT2D eigenvalue weighted by molar-refractivity contribution is -0.178. The summed E-state index contributed by atoms with van der Waals surface area (Å²) in [5.74, 6) is -3.61. The first kappa shape index (κ1) is 45.5. The number of hydrogen-bond acceptors (Lipinski definition) is 11. The molecule has 5 N–H and O–H groups in total. The summed E-state index contributed by atoms with van der Waals surface area (Å²) in [6.07, 6.45) is 4.95. The number of Topliss-reactive ketones (excluding diaryl/α,β-unsaturated/α-hetero) is 1. The molecule has 2 aromatic rings. The smallest absolute Gasteiger partial charge is 0.253 e. The third-order valence-electron chi connectivity index (χ3n) is 16.2.